The highest BCUT2D eigenvalue weighted by Gasteiger charge is 2.16. The van der Waals surface area contributed by atoms with E-state index in [2.05, 4.69) is 15.9 Å². The maximum Gasteiger partial charge on any atom is 0.124 e. The molecule has 3 heteroatoms. The average molecular weight is 314 g/mol. The van der Waals surface area contributed by atoms with E-state index in [1.807, 2.05) is 6.07 Å². The highest BCUT2D eigenvalue weighted by molar-refractivity contribution is 9.10. The van der Waals surface area contributed by atoms with Gasteiger partial charge < -0.3 is 5.73 Å². The van der Waals surface area contributed by atoms with Crippen LogP contribution in [0.4, 0.5) is 4.39 Å². The molecule has 1 aromatic rings. The largest absolute Gasteiger partial charge is 0.327 e. The van der Waals surface area contributed by atoms with Crippen LogP contribution in [0.2, 0.25) is 0 Å². The summed E-state index contributed by atoms with van der Waals surface area (Å²) in [4.78, 5) is 0. The van der Waals surface area contributed by atoms with Gasteiger partial charge in [-0.2, -0.15) is 0 Å². The molecule has 2 rings (SSSR count). The van der Waals surface area contributed by atoms with Crippen LogP contribution in [0.3, 0.4) is 0 Å². The van der Waals surface area contributed by atoms with Gasteiger partial charge in [-0.3, -0.25) is 0 Å². The Morgan fingerprint density at radius 3 is 2.72 bits per heavy atom. The summed E-state index contributed by atoms with van der Waals surface area (Å²) in [6.07, 6.45) is 8.70. The minimum absolute atomic E-state index is 0.187. The smallest absolute Gasteiger partial charge is 0.124 e. The Morgan fingerprint density at radius 2 is 2.06 bits per heavy atom. The van der Waals surface area contributed by atoms with Gasteiger partial charge in [0.15, 0.2) is 0 Å². The molecule has 1 unspecified atom stereocenters. The van der Waals surface area contributed by atoms with Gasteiger partial charge in [0, 0.05) is 10.5 Å². The first-order valence-corrected chi connectivity index (χ1v) is 7.64. The molecule has 0 aromatic heterocycles. The van der Waals surface area contributed by atoms with Gasteiger partial charge in [-0.1, -0.05) is 47.7 Å². The lowest BCUT2D eigenvalue weighted by Gasteiger charge is -2.15. The third-order valence-corrected chi connectivity index (χ3v) is 4.66. The second-order valence-electron chi connectivity index (χ2n) is 5.43. The molecule has 1 aliphatic carbocycles. The Morgan fingerprint density at radius 1 is 1.33 bits per heavy atom. The summed E-state index contributed by atoms with van der Waals surface area (Å²) < 4.78 is 13.8. The lowest BCUT2D eigenvalue weighted by molar-refractivity contribution is 0.447. The molecule has 0 saturated heterocycles. The Hall–Kier alpha value is -0.410. The molecule has 1 saturated carbocycles. The van der Waals surface area contributed by atoms with E-state index < -0.39 is 0 Å². The van der Waals surface area contributed by atoms with Crippen LogP contribution in [0.25, 0.3) is 0 Å². The van der Waals surface area contributed by atoms with Crippen molar-refractivity contribution in [3.63, 3.8) is 0 Å². The van der Waals surface area contributed by atoms with Crippen LogP contribution >= 0.6 is 15.9 Å². The van der Waals surface area contributed by atoms with Gasteiger partial charge in [-0.25, -0.2) is 4.39 Å². The molecular formula is C15H21BrFN. The molecule has 1 atom stereocenters. The fourth-order valence-corrected chi connectivity index (χ4v) is 3.33. The van der Waals surface area contributed by atoms with E-state index in [0.29, 0.717) is 0 Å². The normalized spacial score (nSPS) is 18.2. The van der Waals surface area contributed by atoms with Crippen molar-refractivity contribution in [3.05, 3.63) is 34.1 Å². The Bertz CT molecular complexity index is 388. The summed E-state index contributed by atoms with van der Waals surface area (Å²) in [5, 5.41) is 0. The lowest BCUT2D eigenvalue weighted by Crippen LogP contribution is -2.23. The van der Waals surface area contributed by atoms with Gasteiger partial charge in [0.25, 0.3) is 0 Å². The number of hydrogen-bond acceptors (Lipinski definition) is 1. The summed E-state index contributed by atoms with van der Waals surface area (Å²) in [7, 11) is 0. The Labute approximate surface area is 117 Å². The fourth-order valence-electron chi connectivity index (χ4n) is 2.82. The highest BCUT2D eigenvalue weighted by atomic mass is 79.9. The van der Waals surface area contributed by atoms with Crippen LogP contribution in [0.15, 0.2) is 22.7 Å². The van der Waals surface area contributed by atoms with Gasteiger partial charge in [-0.05, 0) is 42.9 Å². The molecule has 2 N–H and O–H groups in total. The quantitative estimate of drug-likeness (QED) is 0.855. The summed E-state index contributed by atoms with van der Waals surface area (Å²) in [6.45, 7) is 0. The molecule has 0 bridgehead atoms. The zero-order valence-corrected chi connectivity index (χ0v) is 12.3. The molecule has 1 fully saturated rings. The van der Waals surface area contributed by atoms with E-state index >= 15 is 0 Å². The Balaban J connectivity index is 1.80. The predicted octanol–water partition coefficient (Wildman–Crippen LogP) is 4.43. The van der Waals surface area contributed by atoms with Crippen molar-refractivity contribution in [2.45, 2.75) is 51.0 Å². The van der Waals surface area contributed by atoms with Crippen LogP contribution in [0.5, 0.6) is 0 Å². The molecule has 0 amide bonds. The number of nitrogens with two attached hydrogens (primary N) is 1. The van der Waals surface area contributed by atoms with E-state index in [1.54, 1.807) is 0 Å². The molecule has 0 aliphatic heterocycles. The van der Waals surface area contributed by atoms with Crippen molar-refractivity contribution in [1.82, 2.24) is 0 Å². The molecular weight excluding hydrogens is 293 g/mol. The van der Waals surface area contributed by atoms with Gasteiger partial charge in [0.1, 0.15) is 5.82 Å². The zero-order valence-electron chi connectivity index (χ0n) is 10.7. The first-order chi connectivity index (χ1) is 8.65. The molecule has 18 heavy (non-hydrogen) atoms. The molecule has 0 radical (unpaired) electrons. The van der Waals surface area contributed by atoms with Crippen molar-refractivity contribution in [2.75, 3.05) is 0 Å². The average Bonchev–Trinajstić information content (AvgIpc) is 2.83. The molecule has 0 spiro atoms. The summed E-state index contributed by atoms with van der Waals surface area (Å²) >= 11 is 3.40. The number of halogens is 2. The van der Waals surface area contributed by atoms with E-state index in [4.69, 9.17) is 5.73 Å². The van der Waals surface area contributed by atoms with Crippen molar-refractivity contribution >= 4 is 15.9 Å². The van der Waals surface area contributed by atoms with E-state index in [9.17, 15) is 4.39 Å². The molecule has 1 nitrogen and oxygen atoms in total. The van der Waals surface area contributed by atoms with Crippen LogP contribution in [0.1, 0.15) is 44.1 Å². The van der Waals surface area contributed by atoms with Gasteiger partial charge >= 0.3 is 0 Å². The monoisotopic (exact) mass is 313 g/mol. The van der Waals surface area contributed by atoms with Crippen molar-refractivity contribution in [1.29, 1.82) is 0 Å². The maximum atomic E-state index is 13.0. The summed E-state index contributed by atoms with van der Waals surface area (Å²) in [5.74, 6) is 0.692. The number of hydrogen-bond donors (Lipinski definition) is 1. The van der Waals surface area contributed by atoms with E-state index in [1.165, 1.54) is 44.2 Å². The summed E-state index contributed by atoms with van der Waals surface area (Å²) in [6, 6.07) is 5.03. The van der Waals surface area contributed by atoms with Gasteiger partial charge in [-0.15, -0.1) is 0 Å². The van der Waals surface area contributed by atoms with Crippen LogP contribution < -0.4 is 5.73 Å². The van der Waals surface area contributed by atoms with E-state index in [-0.39, 0.29) is 11.9 Å². The van der Waals surface area contributed by atoms with Crippen LogP contribution in [-0.4, -0.2) is 6.04 Å². The van der Waals surface area contributed by atoms with Crippen molar-refractivity contribution in [2.24, 2.45) is 11.7 Å². The van der Waals surface area contributed by atoms with E-state index in [0.717, 1.165) is 28.8 Å². The second-order valence-corrected chi connectivity index (χ2v) is 6.28. The Kier molecular flexibility index (Phi) is 5.19. The van der Waals surface area contributed by atoms with Crippen LogP contribution in [0, 0.1) is 11.7 Å². The molecule has 1 aromatic carbocycles. The first kappa shape index (κ1) is 14.0. The molecule has 100 valence electrons. The summed E-state index contributed by atoms with van der Waals surface area (Å²) in [5.41, 5.74) is 7.28. The van der Waals surface area contributed by atoms with Gasteiger partial charge in [0.2, 0.25) is 0 Å². The van der Waals surface area contributed by atoms with Crippen LogP contribution in [-0.2, 0) is 6.42 Å². The standard InChI is InChI=1S/C15H21BrFN/c16-15-10-13(17)7-6-12(15)9-14(18)8-5-11-3-1-2-4-11/h6-7,10-11,14H,1-5,8-9,18H2. The first-order valence-electron chi connectivity index (χ1n) is 6.84. The predicted molar refractivity (Wildman–Crippen MR) is 77.0 cm³/mol. The second kappa shape index (κ2) is 6.67. The third kappa shape index (κ3) is 4.06. The minimum Gasteiger partial charge on any atom is -0.327 e. The zero-order chi connectivity index (χ0) is 13.0. The third-order valence-electron chi connectivity index (χ3n) is 3.92. The van der Waals surface area contributed by atoms with Crippen molar-refractivity contribution < 1.29 is 4.39 Å². The molecule has 1 aliphatic rings. The number of rotatable bonds is 5. The minimum atomic E-state index is -0.204. The topological polar surface area (TPSA) is 26.0 Å². The van der Waals surface area contributed by atoms with Gasteiger partial charge in [0.05, 0.1) is 0 Å². The number of benzene rings is 1. The SMILES string of the molecule is NC(CCC1CCCC1)Cc1ccc(F)cc1Br. The fraction of sp³-hybridized carbons (Fsp3) is 0.600. The lowest BCUT2D eigenvalue weighted by atomic mass is 9.95. The van der Waals surface area contributed by atoms with Crippen molar-refractivity contribution in [3.8, 4) is 0 Å². The molecule has 0 heterocycles. The highest BCUT2D eigenvalue weighted by Crippen LogP contribution is 2.29. The maximum absolute atomic E-state index is 13.0.